The van der Waals surface area contributed by atoms with Crippen LogP contribution in [0.3, 0.4) is 0 Å². The third-order valence-corrected chi connectivity index (χ3v) is 6.71. The molecule has 3 aromatic rings. The Morgan fingerprint density at radius 2 is 2.00 bits per heavy atom. The molecule has 0 saturated carbocycles. The summed E-state index contributed by atoms with van der Waals surface area (Å²) in [5, 5.41) is 4.95. The van der Waals surface area contributed by atoms with E-state index in [4.69, 9.17) is 14.2 Å². The van der Waals surface area contributed by atoms with Crippen molar-refractivity contribution in [2.45, 2.75) is 19.8 Å². The summed E-state index contributed by atoms with van der Waals surface area (Å²) in [6.07, 6.45) is 3.00. The molecule has 2 aromatic carbocycles. The number of rotatable bonds is 8. The van der Waals surface area contributed by atoms with Crippen LogP contribution in [-0.2, 0) is 16.0 Å². The molecule has 0 atom stereocenters. The zero-order valence-electron chi connectivity index (χ0n) is 20.0. The second-order valence-electron chi connectivity index (χ2n) is 8.12. The minimum Gasteiger partial charge on any atom is -0.493 e. The van der Waals surface area contributed by atoms with Crippen LogP contribution in [0.25, 0.3) is 10.9 Å². The number of amides is 1. The molecule has 0 aliphatic carbocycles. The van der Waals surface area contributed by atoms with Gasteiger partial charge in [-0.1, -0.05) is 22.9 Å². The van der Waals surface area contributed by atoms with E-state index in [1.165, 1.54) is 11.8 Å². The number of ether oxygens (including phenoxy) is 3. The van der Waals surface area contributed by atoms with Crippen molar-refractivity contribution in [2.24, 2.45) is 5.10 Å². The van der Waals surface area contributed by atoms with Crippen LogP contribution in [0.4, 0.5) is 0 Å². The highest BCUT2D eigenvalue weighted by atomic mass is 79.9. The highest BCUT2D eigenvalue weighted by Gasteiger charge is 2.19. The SMILES string of the molecule is CCCc1nc2ccc(Br)cc2c(=O)n1N=Cc1cc(Br)c(OCC(=O)N2CCOCC2)c(OC)c1. The van der Waals surface area contributed by atoms with E-state index in [1.54, 1.807) is 29.3 Å². The van der Waals surface area contributed by atoms with Crippen LogP contribution in [0.2, 0.25) is 0 Å². The van der Waals surface area contributed by atoms with Gasteiger partial charge in [-0.3, -0.25) is 9.59 Å². The van der Waals surface area contributed by atoms with Crippen LogP contribution < -0.4 is 15.0 Å². The number of fused-ring (bicyclic) bond motifs is 1. The van der Waals surface area contributed by atoms with Gasteiger partial charge in [-0.15, -0.1) is 0 Å². The first-order valence-electron chi connectivity index (χ1n) is 11.5. The smallest absolute Gasteiger partial charge is 0.282 e. The Bertz CT molecular complexity index is 1350. The predicted octanol–water partition coefficient (Wildman–Crippen LogP) is 4.00. The molecule has 1 aliphatic rings. The Kier molecular flexibility index (Phi) is 8.76. The van der Waals surface area contributed by atoms with E-state index >= 15 is 0 Å². The van der Waals surface area contributed by atoms with Crippen molar-refractivity contribution < 1.29 is 19.0 Å². The van der Waals surface area contributed by atoms with Crippen LogP contribution in [0, 0.1) is 0 Å². The molecular weight excluding hydrogens is 596 g/mol. The van der Waals surface area contributed by atoms with Gasteiger partial charge in [0, 0.05) is 24.0 Å². The van der Waals surface area contributed by atoms with E-state index in [1.807, 2.05) is 19.1 Å². The average Bonchev–Trinajstić information content (AvgIpc) is 2.88. The predicted molar refractivity (Wildman–Crippen MR) is 144 cm³/mol. The van der Waals surface area contributed by atoms with E-state index in [9.17, 15) is 9.59 Å². The summed E-state index contributed by atoms with van der Waals surface area (Å²) in [6.45, 7) is 4.07. The molecule has 0 radical (unpaired) electrons. The van der Waals surface area contributed by atoms with Crippen LogP contribution in [0.1, 0.15) is 24.7 Å². The fourth-order valence-electron chi connectivity index (χ4n) is 3.82. The zero-order chi connectivity index (χ0) is 25.7. The number of halogens is 2. The lowest BCUT2D eigenvalue weighted by Gasteiger charge is -2.26. The standard InChI is InChI=1S/C25H26Br2N4O5/c1-3-4-22-29-20-6-5-17(26)13-18(20)25(33)31(22)28-14-16-11-19(27)24(21(12-16)34-2)36-15-23(32)30-7-9-35-10-8-30/h5-6,11-14H,3-4,7-10,15H2,1-2H3. The monoisotopic (exact) mass is 620 g/mol. The molecule has 1 aliphatic heterocycles. The first-order valence-corrected chi connectivity index (χ1v) is 13.1. The molecule has 0 bridgehead atoms. The summed E-state index contributed by atoms with van der Waals surface area (Å²) in [6, 6.07) is 8.95. The normalized spacial score (nSPS) is 13.9. The van der Waals surface area contributed by atoms with Crippen LogP contribution in [-0.4, -0.2) is 66.7 Å². The summed E-state index contributed by atoms with van der Waals surface area (Å²) in [7, 11) is 1.52. The summed E-state index contributed by atoms with van der Waals surface area (Å²) in [5.74, 6) is 1.32. The lowest BCUT2D eigenvalue weighted by molar-refractivity contribution is -0.137. The maximum Gasteiger partial charge on any atom is 0.282 e. The Balaban J connectivity index is 1.60. The Morgan fingerprint density at radius 3 is 2.72 bits per heavy atom. The first-order chi connectivity index (χ1) is 17.4. The number of aryl methyl sites for hydroxylation is 1. The molecular formula is C25H26Br2N4O5. The van der Waals surface area contributed by atoms with Crippen LogP contribution in [0.5, 0.6) is 11.5 Å². The number of methoxy groups -OCH3 is 1. The minimum absolute atomic E-state index is 0.115. The number of carbonyl (C=O) groups is 1. The van der Waals surface area contributed by atoms with Gasteiger partial charge in [0.1, 0.15) is 5.82 Å². The fraction of sp³-hybridized carbons (Fsp3) is 0.360. The second kappa shape index (κ2) is 12.0. The maximum absolute atomic E-state index is 13.2. The molecule has 1 amide bonds. The number of hydrogen-bond donors (Lipinski definition) is 0. The van der Waals surface area contributed by atoms with Gasteiger partial charge in [-0.25, -0.2) is 4.98 Å². The zero-order valence-corrected chi connectivity index (χ0v) is 23.2. The van der Waals surface area contributed by atoms with E-state index in [0.717, 1.165) is 10.9 Å². The summed E-state index contributed by atoms with van der Waals surface area (Å²) >= 11 is 6.92. The number of hydrogen-bond acceptors (Lipinski definition) is 7. The van der Waals surface area contributed by atoms with Gasteiger partial charge < -0.3 is 19.1 Å². The molecule has 36 heavy (non-hydrogen) atoms. The van der Waals surface area contributed by atoms with Crippen molar-refractivity contribution >= 4 is 54.9 Å². The van der Waals surface area contributed by atoms with E-state index in [2.05, 4.69) is 41.9 Å². The van der Waals surface area contributed by atoms with Gasteiger partial charge in [0.15, 0.2) is 18.1 Å². The molecule has 4 rings (SSSR count). The summed E-state index contributed by atoms with van der Waals surface area (Å²) in [5.41, 5.74) is 1.07. The largest absolute Gasteiger partial charge is 0.493 e. The van der Waals surface area contributed by atoms with Crippen molar-refractivity contribution in [2.75, 3.05) is 40.0 Å². The lowest BCUT2D eigenvalue weighted by Crippen LogP contribution is -2.43. The van der Waals surface area contributed by atoms with Gasteiger partial charge in [0.05, 0.1) is 41.9 Å². The third kappa shape index (κ3) is 5.96. The highest BCUT2D eigenvalue weighted by Crippen LogP contribution is 2.36. The molecule has 1 aromatic heterocycles. The molecule has 0 spiro atoms. The van der Waals surface area contributed by atoms with Gasteiger partial charge >= 0.3 is 0 Å². The molecule has 11 heteroatoms. The summed E-state index contributed by atoms with van der Waals surface area (Å²) < 4.78 is 19.3. The molecule has 9 nitrogen and oxygen atoms in total. The van der Waals surface area contributed by atoms with Crippen molar-refractivity contribution in [1.82, 2.24) is 14.6 Å². The number of morpholine rings is 1. The van der Waals surface area contributed by atoms with Crippen molar-refractivity contribution in [3.63, 3.8) is 0 Å². The molecule has 1 saturated heterocycles. The van der Waals surface area contributed by atoms with Gasteiger partial charge in [-0.2, -0.15) is 9.78 Å². The van der Waals surface area contributed by atoms with Gasteiger partial charge in [0.2, 0.25) is 0 Å². The van der Waals surface area contributed by atoms with E-state index in [-0.39, 0.29) is 18.1 Å². The summed E-state index contributed by atoms with van der Waals surface area (Å²) in [4.78, 5) is 32.0. The van der Waals surface area contributed by atoms with Crippen LogP contribution >= 0.6 is 31.9 Å². The Hall–Kier alpha value is -2.76. The average molecular weight is 622 g/mol. The quantitative estimate of drug-likeness (QED) is 0.353. The minimum atomic E-state index is -0.242. The molecule has 2 heterocycles. The van der Waals surface area contributed by atoms with Crippen molar-refractivity contribution in [3.8, 4) is 11.5 Å². The highest BCUT2D eigenvalue weighted by molar-refractivity contribution is 9.10. The van der Waals surface area contributed by atoms with E-state index < -0.39 is 0 Å². The topological polar surface area (TPSA) is 95.3 Å². The van der Waals surface area contributed by atoms with E-state index in [0.29, 0.717) is 71.0 Å². The Labute approximate surface area is 225 Å². The van der Waals surface area contributed by atoms with Crippen molar-refractivity contribution in [3.05, 3.63) is 61.0 Å². The third-order valence-electron chi connectivity index (χ3n) is 5.63. The lowest BCUT2D eigenvalue weighted by atomic mass is 10.2. The molecule has 0 unspecified atom stereocenters. The van der Waals surface area contributed by atoms with Gasteiger partial charge in [0.25, 0.3) is 11.5 Å². The van der Waals surface area contributed by atoms with Crippen molar-refractivity contribution in [1.29, 1.82) is 0 Å². The molecule has 190 valence electrons. The number of nitrogens with zero attached hydrogens (tertiary/aromatic N) is 4. The maximum atomic E-state index is 13.2. The Morgan fingerprint density at radius 1 is 1.22 bits per heavy atom. The molecule has 1 fully saturated rings. The fourth-order valence-corrected chi connectivity index (χ4v) is 4.75. The first kappa shape index (κ1) is 26.3. The van der Waals surface area contributed by atoms with Gasteiger partial charge in [-0.05, 0) is 58.2 Å². The van der Waals surface area contributed by atoms with Crippen LogP contribution in [0.15, 0.2) is 49.2 Å². The number of aromatic nitrogens is 2. The molecule has 0 N–H and O–H groups in total. The number of benzene rings is 2. The number of carbonyl (C=O) groups excluding carboxylic acids is 1. The second-order valence-corrected chi connectivity index (χ2v) is 9.89.